The third kappa shape index (κ3) is 4.27. The number of fused-ring (bicyclic) bond motifs is 2. The highest BCUT2D eigenvalue weighted by Crippen LogP contribution is 2.55. The topological polar surface area (TPSA) is 89.9 Å². The minimum absolute atomic E-state index is 0.0143. The number of ether oxygens (including phenoxy) is 2. The van der Waals surface area contributed by atoms with Crippen LogP contribution in [0.1, 0.15) is 49.9 Å². The number of benzene rings is 1. The lowest BCUT2D eigenvalue weighted by molar-refractivity contribution is -0.0310. The van der Waals surface area contributed by atoms with Gasteiger partial charge in [-0.25, -0.2) is 9.18 Å². The molecule has 8 heteroatoms. The molecule has 2 aliphatic rings. The van der Waals surface area contributed by atoms with Gasteiger partial charge < -0.3 is 9.47 Å². The Bertz CT molecular complexity index is 821. The molecule has 0 saturated heterocycles. The van der Waals surface area contributed by atoms with Gasteiger partial charge >= 0.3 is 5.97 Å². The lowest BCUT2D eigenvalue weighted by atomic mass is 9.76. The van der Waals surface area contributed by atoms with Crippen molar-refractivity contribution in [1.29, 1.82) is 0 Å². The number of hydrogen-bond donors (Lipinski definition) is 1. The predicted molar refractivity (Wildman–Crippen MR) is 96.7 cm³/mol. The molecule has 1 aromatic rings. The maximum Gasteiger partial charge on any atom is 0.338 e. The molecule has 0 heterocycles. The fourth-order valence-corrected chi connectivity index (χ4v) is 4.80. The van der Waals surface area contributed by atoms with Crippen molar-refractivity contribution < 1.29 is 31.6 Å². The SMILES string of the molecule is CC(C)C1(Oc2cc(C(=O)OCCS(=O)(=O)O)ccc2F)CC2CCC1C2. The summed E-state index contributed by atoms with van der Waals surface area (Å²) in [6.45, 7) is 3.67. The zero-order valence-corrected chi connectivity index (χ0v) is 16.3. The van der Waals surface area contributed by atoms with Gasteiger partial charge in [0, 0.05) is 0 Å². The van der Waals surface area contributed by atoms with Gasteiger partial charge in [-0.1, -0.05) is 13.8 Å². The fraction of sp³-hybridized carbons (Fsp3) is 0.632. The van der Waals surface area contributed by atoms with E-state index in [2.05, 4.69) is 13.8 Å². The van der Waals surface area contributed by atoms with E-state index < -0.39 is 39.9 Å². The van der Waals surface area contributed by atoms with Gasteiger partial charge in [-0.3, -0.25) is 4.55 Å². The molecule has 0 spiro atoms. The molecule has 0 aromatic heterocycles. The van der Waals surface area contributed by atoms with Gasteiger partial charge in [0.1, 0.15) is 18.0 Å². The van der Waals surface area contributed by atoms with Crippen LogP contribution in [0.2, 0.25) is 0 Å². The molecule has 150 valence electrons. The largest absolute Gasteiger partial charge is 0.484 e. The molecule has 0 amide bonds. The van der Waals surface area contributed by atoms with Crippen molar-refractivity contribution in [3.05, 3.63) is 29.6 Å². The lowest BCUT2D eigenvalue weighted by Gasteiger charge is -2.41. The van der Waals surface area contributed by atoms with Crippen LogP contribution in [-0.2, 0) is 14.9 Å². The molecular formula is C19H25FO6S. The lowest BCUT2D eigenvalue weighted by Crippen LogP contribution is -2.46. The summed E-state index contributed by atoms with van der Waals surface area (Å²) in [7, 11) is -4.22. The van der Waals surface area contributed by atoms with Crippen molar-refractivity contribution in [2.45, 2.75) is 45.1 Å². The molecule has 3 unspecified atom stereocenters. The molecule has 3 rings (SSSR count). The minimum Gasteiger partial charge on any atom is -0.484 e. The van der Waals surface area contributed by atoms with Crippen LogP contribution >= 0.6 is 0 Å². The average molecular weight is 400 g/mol. The quantitative estimate of drug-likeness (QED) is 0.557. The first-order chi connectivity index (χ1) is 12.6. The number of halogens is 1. The smallest absolute Gasteiger partial charge is 0.338 e. The van der Waals surface area contributed by atoms with Crippen LogP contribution in [0, 0.1) is 23.6 Å². The molecule has 2 aliphatic carbocycles. The first-order valence-electron chi connectivity index (χ1n) is 9.21. The second kappa shape index (κ2) is 7.39. The standard InChI is InChI=1S/C19H25FO6S/c1-12(2)19(11-13-3-5-15(19)9-13)26-17-10-14(4-6-16(17)20)18(21)25-7-8-27(22,23)24/h4,6,10,12-13,15H,3,5,7-9,11H2,1-2H3,(H,22,23,24). The number of hydrogen-bond acceptors (Lipinski definition) is 5. The number of carbonyl (C=O) groups is 1. The molecule has 27 heavy (non-hydrogen) atoms. The van der Waals surface area contributed by atoms with Gasteiger partial charge in [0.25, 0.3) is 10.1 Å². The Morgan fingerprint density at radius 1 is 1.37 bits per heavy atom. The third-order valence-electron chi connectivity index (χ3n) is 5.86. The van der Waals surface area contributed by atoms with Crippen molar-refractivity contribution in [3.63, 3.8) is 0 Å². The molecule has 2 saturated carbocycles. The molecular weight excluding hydrogens is 375 g/mol. The van der Waals surface area contributed by atoms with Crippen molar-refractivity contribution in [2.24, 2.45) is 17.8 Å². The summed E-state index contributed by atoms with van der Waals surface area (Å²) < 4.78 is 55.5. The van der Waals surface area contributed by atoms with Crippen LogP contribution < -0.4 is 4.74 Å². The van der Waals surface area contributed by atoms with Gasteiger partial charge in [-0.2, -0.15) is 8.42 Å². The van der Waals surface area contributed by atoms with Crippen molar-refractivity contribution in [3.8, 4) is 5.75 Å². The van der Waals surface area contributed by atoms with E-state index >= 15 is 0 Å². The minimum atomic E-state index is -4.22. The van der Waals surface area contributed by atoms with E-state index in [1.807, 2.05) is 0 Å². The fourth-order valence-electron chi connectivity index (χ4n) is 4.51. The Labute approximate surface area is 158 Å². The van der Waals surface area contributed by atoms with Crippen molar-refractivity contribution in [1.82, 2.24) is 0 Å². The normalized spacial score (nSPS) is 27.1. The Hall–Kier alpha value is -1.67. The number of esters is 1. The van der Waals surface area contributed by atoms with Gasteiger partial charge in [-0.15, -0.1) is 0 Å². The summed E-state index contributed by atoms with van der Waals surface area (Å²) in [4.78, 5) is 12.1. The molecule has 2 bridgehead atoms. The van der Waals surface area contributed by atoms with Gasteiger partial charge in [0.15, 0.2) is 11.6 Å². The highest BCUT2D eigenvalue weighted by molar-refractivity contribution is 7.85. The van der Waals surface area contributed by atoms with E-state index in [9.17, 15) is 17.6 Å². The summed E-state index contributed by atoms with van der Waals surface area (Å²) in [5.74, 6) is -0.829. The Morgan fingerprint density at radius 2 is 2.11 bits per heavy atom. The molecule has 3 atom stereocenters. The Kier molecular flexibility index (Phi) is 5.49. The van der Waals surface area contributed by atoms with Crippen LogP contribution in [-0.4, -0.2) is 36.9 Å². The van der Waals surface area contributed by atoms with E-state index in [0.29, 0.717) is 11.8 Å². The molecule has 0 aliphatic heterocycles. The Morgan fingerprint density at radius 3 is 2.67 bits per heavy atom. The van der Waals surface area contributed by atoms with Crippen LogP contribution in [0.5, 0.6) is 5.75 Å². The van der Waals surface area contributed by atoms with Crippen LogP contribution in [0.25, 0.3) is 0 Å². The molecule has 2 fully saturated rings. The van der Waals surface area contributed by atoms with E-state index in [1.54, 1.807) is 0 Å². The van der Waals surface area contributed by atoms with Crippen LogP contribution in [0.15, 0.2) is 18.2 Å². The Balaban J connectivity index is 1.76. The highest BCUT2D eigenvalue weighted by atomic mass is 32.2. The zero-order chi connectivity index (χ0) is 19.8. The summed E-state index contributed by atoms with van der Waals surface area (Å²) in [6.07, 6.45) is 4.24. The second-order valence-corrected chi connectivity index (χ2v) is 9.43. The average Bonchev–Trinajstić information content (AvgIpc) is 3.17. The van der Waals surface area contributed by atoms with E-state index in [4.69, 9.17) is 14.0 Å². The first-order valence-corrected chi connectivity index (χ1v) is 10.8. The van der Waals surface area contributed by atoms with Gasteiger partial charge in [-0.05, 0) is 61.6 Å². The summed E-state index contributed by atoms with van der Waals surface area (Å²) in [5.41, 5.74) is -0.360. The van der Waals surface area contributed by atoms with Crippen LogP contribution in [0.4, 0.5) is 4.39 Å². The van der Waals surface area contributed by atoms with Crippen LogP contribution in [0.3, 0.4) is 0 Å². The summed E-state index contributed by atoms with van der Waals surface area (Å²) in [5, 5.41) is 0. The number of rotatable bonds is 7. The van der Waals surface area contributed by atoms with E-state index in [0.717, 1.165) is 25.3 Å². The summed E-state index contributed by atoms with van der Waals surface area (Å²) in [6, 6.07) is 3.72. The monoisotopic (exact) mass is 400 g/mol. The second-order valence-electron chi connectivity index (χ2n) is 7.86. The van der Waals surface area contributed by atoms with Crippen molar-refractivity contribution in [2.75, 3.05) is 12.4 Å². The van der Waals surface area contributed by atoms with E-state index in [1.165, 1.54) is 18.6 Å². The molecule has 1 aromatic carbocycles. The molecule has 6 nitrogen and oxygen atoms in total. The summed E-state index contributed by atoms with van der Waals surface area (Å²) >= 11 is 0. The zero-order valence-electron chi connectivity index (χ0n) is 15.5. The number of carbonyl (C=O) groups excluding carboxylic acids is 1. The van der Waals surface area contributed by atoms with Gasteiger partial charge in [0.05, 0.1) is 5.56 Å². The maximum atomic E-state index is 14.4. The van der Waals surface area contributed by atoms with E-state index in [-0.39, 0.29) is 17.2 Å². The van der Waals surface area contributed by atoms with Crippen molar-refractivity contribution >= 4 is 16.1 Å². The van der Waals surface area contributed by atoms with Gasteiger partial charge in [0.2, 0.25) is 0 Å². The molecule has 1 N–H and O–H groups in total. The third-order valence-corrected chi connectivity index (χ3v) is 6.54. The first kappa shape index (κ1) is 20.1. The highest BCUT2D eigenvalue weighted by Gasteiger charge is 2.54. The predicted octanol–water partition coefficient (Wildman–Crippen LogP) is 3.46. The maximum absolute atomic E-state index is 14.4. The molecule has 0 radical (unpaired) electrons.